The molecule has 1 rings (SSSR count). The summed E-state index contributed by atoms with van der Waals surface area (Å²) >= 11 is 0. The third-order valence-electron chi connectivity index (χ3n) is 2.52. The van der Waals surface area contributed by atoms with Crippen molar-refractivity contribution < 1.29 is 9.59 Å². The van der Waals surface area contributed by atoms with Crippen LogP contribution in [0.1, 0.15) is 13.8 Å². The van der Waals surface area contributed by atoms with Crippen molar-refractivity contribution in [2.75, 3.05) is 10.6 Å². The van der Waals surface area contributed by atoms with Crippen LogP contribution in [0.25, 0.3) is 0 Å². The van der Waals surface area contributed by atoms with Crippen molar-refractivity contribution >= 4 is 23.2 Å². The maximum atomic E-state index is 11.6. The van der Waals surface area contributed by atoms with Crippen LogP contribution in [0.15, 0.2) is 47.8 Å². The first kappa shape index (κ1) is 15.3. The molecule has 2 amide bonds. The molecule has 20 heavy (non-hydrogen) atoms. The van der Waals surface area contributed by atoms with E-state index in [1.165, 1.54) is 12.2 Å². The van der Waals surface area contributed by atoms with Crippen molar-refractivity contribution in [3.05, 3.63) is 47.8 Å². The van der Waals surface area contributed by atoms with E-state index in [0.717, 1.165) is 0 Å². The second-order valence-electron chi connectivity index (χ2n) is 3.98. The number of amides is 2. The molecule has 0 radical (unpaired) electrons. The molecule has 0 aliphatic rings. The van der Waals surface area contributed by atoms with Gasteiger partial charge in [-0.25, -0.2) is 0 Å². The third-order valence-corrected chi connectivity index (χ3v) is 2.52. The molecule has 0 aliphatic heterocycles. The highest BCUT2D eigenvalue weighted by Gasteiger charge is 2.07. The lowest BCUT2D eigenvalue weighted by Crippen LogP contribution is -2.21. The molecule has 0 bridgehead atoms. The van der Waals surface area contributed by atoms with E-state index in [0.29, 0.717) is 11.4 Å². The zero-order chi connectivity index (χ0) is 15.1. The van der Waals surface area contributed by atoms with Crippen LogP contribution in [0.2, 0.25) is 0 Å². The summed E-state index contributed by atoms with van der Waals surface area (Å²) in [6.07, 6.45) is 3.02. The molecule has 106 valence electrons. The van der Waals surface area contributed by atoms with E-state index in [1.54, 1.807) is 38.1 Å². The van der Waals surface area contributed by atoms with Crippen LogP contribution in [-0.2, 0) is 9.59 Å². The van der Waals surface area contributed by atoms with Crippen LogP contribution < -0.4 is 22.1 Å². The lowest BCUT2D eigenvalue weighted by Gasteiger charge is -2.09. The Morgan fingerprint density at radius 3 is 1.70 bits per heavy atom. The Labute approximate surface area is 117 Å². The third kappa shape index (κ3) is 4.16. The Balaban J connectivity index is 2.81. The molecule has 0 saturated carbocycles. The second-order valence-corrected chi connectivity index (χ2v) is 3.98. The van der Waals surface area contributed by atoms with E-state index >= 15 is 0 Å². The predicted octanol–water partition coefficient (Wildman–Crippen LogP) is 1.29. The molecule has 1 aromatic rings. The molecule has 0 spiro atoms. The van der Waals surface area contributed by atoms with Gasteiger partial charge in [0.2, 0.25) is 0 Å². The number of anilines is 2. The van der Waals surface area contributed by atoms with Crippen LogP contribution in [0.5, 0.6) is 0 Å². The number of hydrogen-bond donors (Lipinski definition) is 4. The number of carbonyl (C=O) groups excluding carboxylic acids is 2. The van der Waals surface area contributed by atoms with Gasteiger partial charge in [-0.05, 0) is 32.0 Å². The van der Waals surface area contributed by atoms with Crippen LogP contribution >= 0.6 is 0 Å². The van der Waals surface area contributed by atoms with Crippen molar-refractivity contribution in [3.63, 3.8) is 0 Å². The fourth-order valence-corrected chi connectivity index (χ4v) is 1.34. The van der Waals surface area contributed by atoms with E-state index in [9.17, 15) is 9.59 Å². The number of benzene rings is 1. The van der Waals surface area contributed by atoms with Gasteiger partial charge in [-0.15, -0.1) is 0 Å². The van der Waals surface area contributed by atoms with Crippen molar-refractivity contribution in [2.24, 2.45) is 11.5 Å². The molecule has 0 fully saturated rings. The minimum absolute atomic E-state index is 0.123. The molecule has 6 heteroatoms. The molecular weight excluding hydrogens is 256 g/mol. The lowest BCUT2D eigenvalue weighted by atomic mass is 10.2. The average Bonchev–Trinajstić information content (AvgIpc) is 2.45. The van der Waals surface area contributed by atoms with Crippen molar-refractivity contribution in [1.29, 1.82) is 0 Å². The topological polar surface area (TPSA) is 110 Å². The SMILES string of the molecule is CC=C(N)C(=O)Nc1cccc(NC(=O)C(N)=CC)c1. The molecule has 1 aromatic carbocycles. The largest absolute Gasteiger partial charge is 0.395 e. The summed E-state index contributed by atoms with van der Waals surface area (Å²) in [7, 11) is 0. The summed E-state index contributed by atoms with van der Waals surface area (Å²) in [6.45, 7) is 3.34. The normalized spacial score (nSPS) is 11.9. The van der Waals surface area contributed by atoms with Gasteiger partial charge in [-0.2, -0.15) is 0 Å². The summed E-state index contributed by atoms with van der Waals surface area (Å²) in [6, 6.07) is 6.69. The van der Waals surface area contributed by atoms with E-state index in [1.807, 2.05) is 0 Å². The Bertz CT molecular complexity index is 529. The second kappa shape index (κ2) is 6.98. The van der Waals surface area contributed by atoms with Gasteiger partial charge >= 0.3 is 0 Å². The Morgan fingerprint density at radius 2 is 1.35 bits per heavy atom. The molecule has 0 aromatic heterocycles. The summed E-state index contributed by atoms with van der Waals surface area (Å²) < 4.78 is 0. The van der Waals surface area contributed by atoms with Gasteiger partial charge < -0.3 is 22.1 Å². The molecule has 0 atom stereocenters. The highest BCUT2D eigenvalue weighted by Crippen LogP contribution is 2.15. The first-order valence-electron chi connectivity index (χ1n) is 6.04. The summed E-state index contributed by atoms with van der Waals surface area (Å²) in [5.74, 6) is -0.798. The van der Waals surface area contributed by atoms with Gasteiger partial charge in [-0.3, -0.25) is 9.59 Å². The number of carbonyl (C=O) groups is 2. The molecule has 6 nitrogen and oxygen atoms in total. The zero-order valence-electron chi connectivity index (χ0n) is 11.4. The number of nitrogens with one attached hydrogen (secondary N) is 2. The van der Waals surface area contributed by atoms with Gasteiger partial charge in [-0.1, -0.05) is 18.2 Å². The Morgan fingerprint density at radius 1 is 0.950 bits per heavy atom. The van der Waals surface area contributed by atoms with Gasteiger partial charge in [0.25, 0.3) is 11.8 Å². The molecule has 0 heterocycles. The number of allylic oxidation sites excluding steroid dienone is 2. The minimum Gasteiger partial charge on any atom is -0.395 e. The Hall–Kier alpha value is -2.76. The summed E-state index contributed by atoms with van der Waals surface area (Å²) in [5.41, 5.74) is 12.3. The fourth-order valence-electron chi connectivity index (χ4n) is 1.34. The highest BCUT2D eigenvalue weighted by molar-refractivity contribution is 6.05. The molecule has 0 unspecified atom stereocenters. The maximum absolute atomic E-state index is 11.6. The molecule has 0 saturated heterocycles. The van der Waals surface area contributed by atoms with Crippen LogP contribution in [-0.4, -0.2) is 11.8 Å². The van der Waals surface area contributed by atoms with Crippen LogP contribution in [0.3, 0.4) is 0 Å². The van der Waals surface area contributed by atoms with Crippen LogP contribution in [0, 0.1) is 0 Å². The van der Waals surface area contributed by atoms with Crippen molar-refractivity contribution in [3.8, 4) is 0 Å². The van der Waals surface area contributed by atoms with Gasteiger partial charge in [0.15, 0.2) is 0 Å². The number of rotatable bonds is 4. The van der Waals surface area contributed by atoms with Crippen LogP contribution in [0.4, 0.5) is 11.4 Å². The zero-order valence-corrected chi connectivity index (χ0v) is 11.4. The summed E-state index contributed by atoms with van der Waals surface area (Å²) in [4.78, 5) is 23.2. The highest BCUT2D eigenvalue weighted by atomic mass is 16.2. The molecule has 6 N–H and O–H groups in total. The van der Waals surface area contributed by atoms with Crippen molar-refractivity contribution in [1.82, 2.24) is 0 Å². The Kier molecular flexibility index (Phi) is 5.34. The van der Waals surface area contributed by atoms with E-state index in [-0.39, 0.29) is 11.4 Å². The molecule has 0 aliphatic carbocycles. The van der Waals surface area contributed by atoms with Gasteiger partial charge in [0.05, 0.1) is 11.4 Å². The predicted molar refractivity (Wildman–Crippen MR) is 79.6 cm³/mol. The first-order valence-corrected chi connectivity index (χ1v) is 6.04. The maximum Gasteiger partial charge on any atom is 0.271 e. The fraction of sp³-hybridized carbons (Fsp3) is 0.143. The smallest absolute Gasteiger partial charge is 0.271 e. The monoisotopic (exact) mass is 274 g/mol. The quantitative estimate of drug-likeness (QED) is 0.620. The first-order chi connectivity index (χ1) is 9.47. The molecular formula is C14H18N4O2. The van der Waals surface area contributed by atoms with Gasteiger partial charge in [0.1, 0.15) is 0 Å². The number of hydrogen-bond acceptors (Lipinski definition) is 4. The standard InChI is InChI=1S/C14H18N4O2/c1-3-11(15)13(19)17-9-6-5-7-10(8-9)18-14(20)12(16)4-2/h3-8H,15-16H2,1-2H3,(H,17,19)(H,18,20). The van der Waals surface area contributed by atoms with E-state index < -0.39 is 11.8 Å². The number of nitrogens with two attached hydrogens (primary N) is 2. The summed E-state index contributed by atoms with van der Waals surface area (Å²) in [5, 5.41) is 5.24. The average molecular weight is 274 g/mol. The van der Waals surface area contributed by atoms with E-state index in [4.69, 9.17) is 11.5 Å². The van der Waals surface area contributed by atoms with Crippen molar-refractivity contribution in [2.45, 2.75) is 13.8 Å². The van der Waals surface area contributed by atoms with E-state index in [2.05, 4.69) is 10.6 Å². The minimum atomic E-state index is -0.399. The lowest BCUT2D eigenvalue weighted by molar-refractivity contribution is -0.113. The van der Waals surface area contributed by atoms with Gasteiger partial charge in [0, 0.05) is 11.4 Å².